The number of methoxy groups -OCH3 is 1. The molecule has 1 N–H and O–H groups in total. The number of benzene rings is 2. The highest BCUT2D eigenvalue weighted by Crippen LogP contribution is 2.46. The summed E-state index contributed by atoms with van der Waals surface area (Å²) in [5.41, 5.74) is 1.24. The highest BCUT2D eigenvalue weighted by atomic mass is 35.5. The van der Waals surface area contributed by atoms with E-state index in [1.54, 1.807) is 41.3 Å². The third-order valence-electron chi connectivity index (χ3n) is 7.47. The number of fused-ring (bicyclic) bond motifs is 3. The van der Waals surface area contributed by atoms with Gasteiger partial charge in [-0.1, -0.05) is 35.3 Å². The van der Waals surface area contributed by atoms with Crippen molar-refractivity contribution < 1.29 is 33.0 Å². The molecule has 3 heterocycles. The molecule has 1 aromatic heterocycles. The number of hydrogen-bond donors (Lipinski definition) is 1. The Bertz CT molecular complexity index is 1470. The molecule has 3 aromatic rings. The summed E-state index contributed by atoms with van der Waals surface area (Å²) in [6.45, 7) is 1.49. The van der Waals surface area contributed by atoms with Crippen molar-refractivity contribution in [2.45, 2.75) is 50.7 Å². The summed E-state index contributed by atoms with van der Waals surface area (Å²) in [7, 11) is 1.47. The van der Waals surface area contributed by atoms with Gasteiger partial charge in [0.1, 0.15) is 18.0 Å². The van der Waals surface area contributed by atoms with Crippen LogP contribution in [0.15, 0.2) is 36.4 Å². The number of piperidine rings is 1. The van der Waals surface area contributed by atoms with E-state index in [1.807, 2.05) is 0 Å². The van der Waals surface area contributed by atoms with Crippen molar-refractivity contribution in [3.05, 3.63) is 69.2 Å². The topological polar surface area (TPSA) is 107 Å². The molecule has 1 amide bonds. The van der Waals surface area contributed by atoms with Gasteiger partial charge in [-0.2, -0.15) is 8.78 Å². The van der Waals surface area contributed by atoms with E-state index in [4.69, 9.17) is 37.8 Å². The molecule has 13 heteroatoms. The summed E-state index contributed by atoms with van der Waals surface area (Å²) in [4.78, 5) is 26.3. The largest absolute Gasteiger partial charge is 0.495 e. The van der Waals surface area contributed by atoms with Crippen molar-refractivity contribution in [2.24, 2.45) is 5.92 Å². The lowest BCUT2D eigenvalue weighted by molar-refractivity contribution is -0.139. The fraction of sp³-hybridized carbons (Fsp3) is 0.429. The molecule has 0 saturated carbocycles. The first-order valence-corrected chi connectivity index (χ1v) is 13.8. The molecule has 0 radical (unpaired) electrons. The fourth-order valence-electron chi connectivity index (χ4n) is 5.45. The van der Waals surface area contributed by atoms with Gasteiger partial charge in [-0.15, -0.1) is 10.2 Å². The highest BCUT2D eigenvalue weighted by molar-refractivity contribution is 6.33. The Kier molecular flexibility index (Phi) is 8.22. The molecule has 0 bridgehead atoms. The van der Waals surface area contributed by atoms with Gasteiger partial charge >= 0.3 is 11.9 Å². The van der Waals surface area contributed by atoms with Crippen LogP contribution in [0.1, 0.15) is 67.6 Å². The van der Waals surface area contributed by atoms with Gasteiger partial charge in [0, 0.05) is 42.6 Å². The van der Waals surface area contributed by atoms with Crippen molar-refractivity contribution in [1.82, 2.24) is 19.7 Å². The lowest BCUT2D eigenvalue weighted by Crippen LogP contribution is -2.39. The average Bonchev–Trinajstić information content (AvgIpc) is 3.32. The Hall–Kier alpha value is -3.28. The Balaban J connectivity index is 1.57. The predicted molar refractivity (Wildman–Crippen MR) is 146 cm³/mol. The summed E-state index contributed by atoms with van der Waals surface area (Å²) in [6, 6.07) is 9.90. The smallest absolute Gasteiger partial charge is 0.304 e. The minimum Gasteiger partial charge on any atom is -0.495 e. The zero-order chi connectivity index (χ0) is 29.5. The molecular weight excluding hydrogens is 581 g/mol. The Morgan fingerprint density at radius 1 is 1.12 bits per heavy atom. The summed E-state index contributed by atoms with van der Waals surface area (Å²) in [6.07, 6.45) is -1.06. The number of hydrogen-bond acceptors (Lipinski definition) is 6. The number of carbonyl (C=O) groups excluding carboxylic acids is 1. The summed E-state index contributed by atoms with van der Waals surface area (Å²) >= 11 is 13.1. The van der Waals surface area contributed by atoms with Crippen molar-refractivity contribution in [2.75, 3.05) is 20.2 Å². The highest BCUT2D eigenvalue weighted by Gasteiger charge is 2.41. The van der Waals surface area contributed by atoms with E-state index in [9.17, 15) is 18.4 Å². The maximum absolute atomic E-state index is 14.8. The first-order valence-electron chi connectivity index (χ1n) is 13.1. The molecule has 1 fully saturated rings. The molecule has 9 nitrogen and oxygen atoms in total. The number of halogens is 4. The average molecular weight is 609 g/mol. The summed E-state index contributed by atoms with van der Waals surface area (Å²) in [5, 5.41) is 17.6. The van der Waals surface area contributed by atoms with Gasteiger partial charge < -0.3 is 19.5 Å². The van der Waals surface area contributed by atoms with E-state index in [2.05, 4.69) is 10.2 Å². The van der Waals surface area contributed by atoms with E-state index in [0.29, 0.717) is 53.5 Å². The van der Waals surface area contributed by atoms with Crippen LogP contribution in [0.2, 0.25) is 10.0 Å². The zero-order valence-electron chi connectivity index (χ0n) is 22.3. The monoisotopic (exact) mass is 608 g/mol. The van der Waals surface area contributed by atoms with Gasteiger partial charge in [0.25, 0.3) is 0 Å². The predicted octanol–water partition coefficient (Wildman–Crippen LogP) is 5.96. The number of aromatic nitrogens is 3. The number of carbonyl (C=O) groups is 2. The molecule has 1 saturated heterocycles. The second-order valence-electron chi connectivity index (χ2n) is 10.3. The summed E-state index contributed by atoms with van der Waals surface area (Å²) < 4.78 is 42.8. The normalized spacial score (nSPS) is 19.3. The lowest BCUT2D eigenvalue weighted by atomic mass is 9.93. The van der Waals surface area contributed by atoms with Gasteiger partial charge in [-0.3, -0.25) is 14.2 Å². The number of carboxylic acid groups (broad SMARTS) is 1. The molecule has 0 unspecified atom stereocenters. The van der Waals surface area contributed by atoms with Crippen molar-refractivity contribution in [1.29, 1.82) is 0 Å². The molecule has 2 aliphatic rings. The van der Waals surface area contributed by atoms with E-state index in [-0.39, 0.29) is 35.5 Å². The van der Waals surface area contributed by atoms with Gasteiger partial charge in [0.2, 0.25) is 11.7 Å². The van der Waals surface area contributed by atoms with E-state index >= 15 is 0 Å². The van der Waals surface area contributed by atoms with E-state index in [1.165, 1.54) is 11.7 Å². The maximum Gasteiger partial charge on any atom is 0.304 e. The second-order valence-corrected chi connectivity index (χ2v) is 11.1. The van der Waals surface area contributed by atoms with Crippen molar-refractivity contribution >= 4 is 35.1 Å². The number of ether oxygens (including phenoxy) is 2. The maximum atomic E-state index is 14.8. The van der Waals surface area contributed by atoms with Gasteiger partial charge in [-0.25, -0.2) is 0 Å². The molecule has 0 aliphatic carbocycles. The van der Waals surface area contributed by atoms with Crippen LogP contribution in [0.5, 0.6) is 5.75 Å². The lowest BCUT2D eigenvalue weighted by Gasteiger charge is -2.32. The van der Waals surface area contributed by atoms with Crippen molar-refractivity contribution in [3.63, 3.8) is 0 Å². The zero-order valence-corrected chi connectivity index (χ0v) is 23.8. The number of amides is 1. The van der Waals surface area contributed by atoms with Gasteiger partial charge in [-0.05, 0) is 43.0 Å². The minimum atomic E-state index is -3.36. The third-order valence-corrected chi connectivity index (χ3v) is 8.11. The van der Waals surface area contributed by atoms with Crippen LogP contribution in [-0.4, -0.2) is 56.8 Å². The fourth-order valence-corrected chi connectivity index (χ4v) is 5.94. The number of nitrogens with zero attached hydrogens (tertiary/aromatic N) is 4. The molecule has 218 valence electrons. The van der Waals surface area contributed by atoms with E-state index < -0.39 is 29.9 Å². The van der Waals surface area contributed by atoms with Crippen LogP contribution >= 0.6 is 23.2 Å². The van der Waals surface area contributed by atoms with Crippen molar-refractivity contribution in [3.8, 4) is 11.4 Å². The number of alkyl halides is 2. The van der Waals surface area contributed by atoms with Gasteiger partial charge in [0.05, 0.1) is 24.2 Å². The molecule has 2 atom stereocenters. The van der Waals surface area contributed by atoms with Gasteiger partial charge in [0.15, 0.2) is 5.82 Å². The quantitative estimate of drug-likeness (QED) is 0.353. The number of aliphatic carboxylic acids is 1. The van der Waals surface area contributed by atoms with Crippen LogP contribution in [0.4, 0.5) is 8.78 Å². The first kappa shape index (κ1) is 29.2. The Morgan fingerprint density at radius 3 is 2.51 bits per heavy atom. The van der Waals surface area contributed by atoms with Crippen LogP contribution in [0, 0.1) is 5.92 Å². The SMILES string of the molecule is COc1cccc([C@H]2O[C@H](CC(=O)N3CCC(CC(=O)O)CC3)c3nnc(C(C)(F)F)n3-c3ccc(Cl)cc32)c1Cl. The standard InChI is InChI=1S/C28H28Cl2F2N4O5/c1-28(31,32)27-34-33-26-21(14-22(37)35-10-8-15(9-11-35)12-23(38)39)41-25(17-4-3-5-20(40-2)24(17)30)18-13-16(29)6-7-19(18)36(26)27/h3-7,13,15,21,25H,8-12,14H2,1-2H3,(H,38,39)/t21-,25-/m1/s1. The molecule has 2 aliphatic heterocycles. The van der Waals surface area contributed by atoms with Crippen LogP contribution in [-0.2, 0) is 20.2 Å². The first-order chi connectivity index (χ1) is 19.5. The molecule has 5 rings (SSSR count). The Morgan fingerprint density at radius 2 is 1.85 bits per heavy atom. The molecule has 2 aromatic carbocycles. The molecule has 0 spiro atoms. The summed E-state index contributed by atoms with van der Waals surface area (Å²) in [5.74, 6) is -4.70. The third kappa shape index (κ3) is 5.89. The van der Waals surface area contributed by atoms with Crippen LogP contribution in [0.25, 0.3) is 5.69 Å². The second kappa shape index (κ2) is 11.5. The number of rotatable bonds is 7. The number of likely N-dealkylation sites (tertiary alicyclic amines) is 1. The number of carboxylic acids is 1. The molecule has 41 heavy (non-hydrogen) atoms. The minimum absolute atomic E-state index is 0.0121. The van der Waals surface area contributed by atoms with E-state index in [0.717, 1.165) is 6.92 Å². The Labute approximate surface area is 245 Å². The van der Waals surface area contributed by atoms with Crippen LogP contribution < -0.4 is 4.74 Å². The van der Waals surface area contributed by atoms with Crippen LogP contribution in [0.3, 0.4) is 0 Å². The molecular formula is C28H28Cl2F2N4O5.